The van der Waals surface area contributed by atoms with Gasteiger partial charge in [-0.25, -0.2) is 4.79 Å². The van der Waals surface area contributed by atoms with Gasteiger partial charge in [0.2, 0.25) is 5.91 Å². The molecule has 14 heavy (non-hydrogen) atoms. The third kappa shape index (κ3) is 5.56. The standard InChI is InChI=1S/C10H19NO3/c1-6-8(12)11-7(2)9(13)14-10(3,4)5/h7H,6H2,1-5H3,(H,11,12). The summed E-state index contributed by atoms with van der Waals surface area (Å²) in [6.07, 6.45) is 0.368. The molecule has 1 atom stereocenters. The minimum Gasteiger partial charge on any atom is -0.458 e. The maximum atomic E-state index is 11.4. The van der Waals surface area contributed by atoms with Crippen molar-refractivity contribution >= 4 is 11.9 Å². The number of nitrogens with one attached hydrogen (secondary N) is 1. The van der Waals surface area contributed by atoms with Gasteiger partial charge in [-0.15, -0.1) is 0 Å². The number of hydrogen-bond donors (Lipinski definition) is 1. The summed E-state index contributed by atoms with van der Waals surface area (Å²) in [5.74, 6) is -0.553. The van der Waals surface area contributed by atoms with Gasteiger partial charge in [-0.3, -0.25) is 4.79 Å². The van der Waals surface area contributed by atoms with E-state index in [1.165, 1.54) is 0 Å². The number of rotatable bonds is 3. The van der Waals surface area contributed by atoms with Crippen molar-refractivity contribution in [2.24, 2.45) is 0 Å². The van der Waals surface area contributed by atoms with Gasteiger partial charge in [0.25, 0.3) is 0 Å². The lowest BCUT2D eigenvalue weighted by molar-refractivity contribution is -0.158. The first-order chi connectivity index (χ1) is 6.26. The molecule has 0 bridgehead atoms. The van der Waals surface area contributed by atoms with E-state index < -0.39 is 17.6 Å². The third-order valence-electron chi connectivity index (χ3n) is 1.46. The predicted octanol–water partition coefficient (Wildman–Crippen LogP) is 1.24. The molecule has 4 nitrogen and oxygen atoms in total. The van der Waals surface area contributed by atoms with Crippen molar-refractivity contribution in [3.63, 3.8) is 0 Å². The molecule has 1 unspecified atom stereocenters. The molecule has 4 heteroatoms. The van der Waals surface area contributed by atoms with Crippen molar-refractivity contribution in [1.29, 1.82) is 0 Å². The molecule has 0 aliphatic carbocycles. The van der Waals surface area contributed by atoms with E-state index in [0.29, 0.717) is 6.42 Å². The van der Waals surface area contributed by atoms with Crippen molar-refractivity contribution < 1.29 is 14.3 Å². The molecule has 82 valence electrons. The van der Waals surface area contributed by atoms with Gasteiger partial charge in [-0.1, -0.05) is 6.92 Å². The van der Waals surface area contributed by atoms with Gasteiger partial charge in [-0.2, -0.15) is 0 Å². The molecule has 0 aromatic carbocycles. The molecule has 0 saturated heterocycles. The number of hydrogen-bond acceptors (Lipinski definition) is 3. The van der Waals surface area contributed by atoms with Gasteiger partial charge in [-0.05, 0) is 27.7 Å². The zero-order chi connectivity index (χ0) is 11.4. The van der Waals surface area contributed by atoms with Crippen LogP contribution in [0.5, 0.6) is 0 Å². The van der Waals surface area contributed by atoms with Gasteiger partial charge in [0, 0.05) is 6.42 Å². The van der Waals surface area contributed by atoms with E-state index in [1.807, 2.05) is 0 Å². The lowest BCUT2D eigenvalue weighted by Gasteiger charge is -2.22. The maximum Gasteiger partial charge on any atom is 0.328 e. The van der Waals surface area contributed by atoms with E-state index in [9.17, 15) is 9.59 Å². The summed E-state index contributed by atoms with van der Waals surface area (Å²) in [4.78, 5) is 22.3. The topological polar surface area (TPSA) is 55.4 Å². The van der Waals surface area contributed by atoms with Crippen molar-refractivity contribution in [2.45, 2.75) is 52.7 Å². The van der Waals surface area contributed by atoms with Crippen molar-refractivity contribution in [3.8, 4) is 0 Å². The van der Waals surface area contributed by atoms with E-state index >= 15 is 0 Å². The Balaban J connectivity index is 4.07. The molecule has 0 spiro atoms. The van der Waals surface area contributed by atoms with Gasteiger partial charge in [0.15, 0.2) is 0 Å². The largest absolute Gasteiger partial charge is 0.458 e. The molecular formula is C10H19NO3. The van der Waals surface area contributed by atoms with E-state index in [2.05, 4.69) is 5.32 Å². The zero-order valence-corrected chi connectivity index (χ0v) is 9.51. The van der Waals surface area contributed by atoms with Crippen molar-refractivity contribution in [2.75, 3.05) is 0 Å². The SMILES string of the molecule is CCC(=O)NC(C)C(=O)OC(C)(C)C. The molecule has 0 aliphatic heterocycles. The average Bonchev–Trinajstić information content (AvgIpc) is 2.00. The minimum absolute atomic E-state index is 0.150. The number of carbonyl (C=O) groups excluding carboxylic acids is 2. The highest BCUT2D eigenvalue weighted by atomic mass is 16.6. The molecule has 0 rings (SSSR count). The Bertz CT molecular complexity index is 218. The highest BCUT2D eigenvalue weighted by Crippen LogP contribution is 2.08. The lowest BCUT2D eigenvalue weighted by Crippen LogP contribution is -2.41. The molecule has 0 aliphatic rings. The second-order valence-electron chi connectivity index (χ2n) is 4.18. The quantitative estimate of drug-likeness (QED) is 0.699. The summed E-state index contributed by atoms with van der Waals surface area (Å²) in [5.41, 5.74) is -0.512. The summed E-state index contributed by atoms with van der Waals surface area (Å²) < 4.78 is 5.09. The van der Waals surface area contributed by atoms with E-state index in [-0.39, 0.29) is 5.91 Å². The van der Waals surface area contributed by atoms with Gasteiger partial charge < -0.3 is 10.1 Å². The van der Waals surface area contributed by atoms with Crippen LogP contribution in [0.1, 0.15) is 41.0 Å². The summed E-state index contributed by atoms with van der Waals surface area (Å²) in [5, 5.41) is 2.54. The van der Waals surface area contributed by atoms with Crippen LogP contribution in [0, 0.1) is 0 Å². The fraction of sp³-hybridized carbons (Fsp3) is 0.800. The Morgan fingerprint density at radius 3 is 2.21 bits per heavy atom. The van der Waals surface area contributed by atoms with Crippen molar-refractivity contribution in [1.82, 2.24) is 5.32 Å². The molecule has 1 N–H and O–H groups in total. The monoisotopic (exact) mass is 201 g/mol. The highest BCUT2D eigenvalue weighted by molar-refractivity contribution is 5.84. The fourth-order valence-electron chi connectivity index (χ4n) is 0.793. The van der Waals surface area contributed by atoms with Crippen LogP contribution in [0.2, 0.25) is 0 Å². The number of carbonyl (C=O) groups is 2. The predicted molar refractivity (Wildman–Crippen MR) is 53.7 cm³/mol. The first kappa shape index (κ1) is 12.9. The summed E-state index contributed by atoms with van der Waals surface area (Å²) >= 11 is 0. The van der Waals surface area contributed by atoms with Crippen LogP contribution in [0.4, 0.5) is 0 Å². The zero-order valence-electron chi connectivity index (χ0n) is 9.51. The second kappa shape index (κ2) is 4.98. The molecule has 0 heterocycles. The molecule has 0 radical (unpaired) electrons. The van der Waals surface area contributed by atoms with Crippen LogP contribution in [0.15, 0.2) is 0 Å². The third-order valence-corrected chi connectivity index (χ3v) is 1.46. The number of ether oxygens (including phenoxy) is 1. The first-order valence-corrected chi connectivity index (χ1v) is 4.78. The van der Waals surface area contributed by atoms with Crippen LogP contribution < -0.4 is 5.32 Å². The Hall–Kier alpha value is -1.06. The molecule has 0 saturated carbocycles. The van der Waals surface area contributed by atoms with E-state index in [1.54, 1.807) is 34.6 Å². The summed E-state index contributed by atoms with van der Waals surface area (Å²) in [7, 11) is 0. The van der Waals surface area contributed by atoms with Crippen LogP contribution >= 0.6 is 0 Å². The van der Waals surface area contributed by atoms with Crippen LogP contribution in [0.3, 0.4) is 0 Å². The van der Waals surface area contributed by atoms with Crippen LogP contribution in [-0.4, -0.2) is 23.5 Å². The molecule has 0 fully saturated rings. The Labute approximate surface area is 85.0 Å². The number of esters is 1. The van der Waals surface area contributed by atoms with Gasteiger partial charge in [0.1, 0.15) is 11.6 Å². The smallest absolute Gasteiger partial charge is 0.328 e. The molecule has 0 aromatic rings. The Kier molecular flexibility index (Phi) is 4.60. The van der Waals surface area contributed by atoms with Gasteiger partial charge in [0.05, 0.1) is 0 Å². The maximum absolute atomic E-state index is 11.4. The summed E-state index contributed by atoms with van der Waals surface area (Å²) in [6.45, 7) is 8.72. The second-order valence-corrected chi connectivity index (χ2v) is 4.18. The van der Waals surface area contributed by atoms with Crippen molar-refractivity contribution in [3.05, 3.63) is 0 Å². The van der Waals surface area contributed by atoms with E-state index in [4.69, 9.17) is 4.74 Å². The van der Waals surface area contributed by atoms with E-state index in [0.717, 1.165) is 0 Å². The average molecular weight is 201 g/mol. The molecule has 1 amide bonds. The Morgan fingerprint density at radius 1 is 1.36 bits per heavy atom. The fourth-order valence-corrected chi connectivity index (χ4v) is 0.793. The minimum atomic E-state index is -0.582. The normalized spacial score (nSPS) is 13.2. The summed E-state index contributed by atoms with van der Waals surface area (Å²) in [6, 6.07) is -0.582. The molecular weight excluding hydrogens is 182 g/mol. The number of amides is 1. The Morgan fingerprint density at radius 2 is 1.86 bits per heavy atom. The van der Waals surface area contributed by atoms with Crippen LogP contribution in [-0.2, 0) is 14.3 Å². The van der Waals surface area contributed by atoms with Gasteiger partial charge >= 0.3 is 5.97 Å². The van der Waals surface area contributed by atoms with Crippen LogP contribution in [0.25, 0.3) is 0 Å². The lowest BCUT2D eigenvalue weighted by atomic mass is 10.2. The highest BCUT2D eigenvalue weighted by Gasteiger charge is 2.22. The molecule has 0 aromatic heterocycles. The first-order valence-electron chi connectivity index (χ1n) is 4.78.